The van der Waals surface area contributed by atoms with Crippen molar-refractivity contribution in [2.24, 2.45) is 5.73 Å². The summed E-state index contributed by atoms with van der Waals surface area (Å²) in [5.74, 6) is 2.29. The molecule has 13 heavy (non-hydrogen) atoms. The Morgan fingerprint density at radius 1 is 1.31 bits per heavy atom. The van der Waals surface area contributed by atoms with Crippen LogP contribution in [0.25, 0.3) is 0 Å². The number of rotatable bonds is 3. The van der Waals surface area contributed by atoms with Gasteiger partial charge in [-0.2, -0.15) is 0 Å². The molecule has 0 unspecified atom stereocenters. The summed E-state index contributed by atoms with van der Waals surface area (Å²) in [5.41, 5.74) is 5.46. The molecule has 0 saturated heterocycles. The normalized spacial score (nSPS) is 15.8. The molecule has 0 saturated carbocycles. The highest BCUT2D eigenvalue weighted by Crippen LogP contribution is 2.14. The van der Waals surface area contributed by atoms with Crippen molar-refractivity contribution in [1.29, 1.82) is 0 Å². The van der Waals surface area contributed by atoms with Crippen molar-refractivity contribution in [3.8, 4) is 0 Å². The Labute approximate surface area is 78.1 Å². The van der Waals surface area contributed by atoms with Gasteiger partial charge in [0.15, 0.2) is 0 Å². The van der Waals surface area contributed by atoms with Gasteiger partial charge in [0, 0.05) is 19.4 Å². The molecule has 0 aliphatic carbocycles. The molecule has 0 bridgehead atoms. The van der Waals surface area contributed by atoms with Gasteiger partial charge in [-0.15, -0.1) is 10.2 Å². The average molecular weight is 180 g/mol. The number of aryl methyl sites for hydroxylation is 2. The first kappa shape index (κ1) is 8.69. The lowest BCUT2D eigenvalue weighted by Crippen LogP contribution is -2.14. The minimum Gasteiger partial charge on any atom is -0.330 e. The van der Waals surface area contributed by atoms with E-state index in [9.17, 15) is 0 Å². The van der Waals surface area contributed by atoms with Crippen LogP contribution in [0.2, 0.25) is 0 Å². The fraction of sp³-hybridized carbons (Fsp3) is 0.778. The van der Waals surface area contributed by atoms with Crippen LogP contribution >= 0.6 is 0 Å². The van der Waals surface area contributed by atoms with Gasteiger partial charge < -0.3 is 10.3 Å². The summed E-state index contributed by atoms with van der Waals surface area (Å²) in [5, 5.41) is 8.37. The third kappa shape index (κ3) is 1.72. The van der Waals surface area contributed by atoms with Crippen LogP contribution in [0.4, 0.5) is 0 Å². The number of nitrogens with zero attached hydrogens (tertiary/aromatic N) is 3. The molecule has 1 aliphatic rings. The summed E-state index contributed by atoms with van der Waals surface area (Å²) >= 11 is 0. The lowest BCUT2D eigenvalue weighted by Gasteiger charge is -2.14. The number of fused-ring (bicyclic) bond motifs is 1. The van der Waals surface area contributed by atoms with Gasteiger partial charge in [0.05, 0.1) is 0 Å². The van der Waals surface area contributed by atoms with Gasteiger partial charge in [-0.05, 0) is 25.8 Å². The molecular formula is C9H16N4. The summed E-state index contributed by atoms with van der Waals surface area (Å²) in [4.78, 5) is 0. The minimum atomic E-state index is 0.738. The molecule has 2 N–H and O–H groups in total. The highest BCUT2D eigenvalue weighted by Gasteiger charge is 2.14. The zero-order valence-corrected chi connectivity index (χ0v) is 7.87. The Balaban J connectivity index is 2.12. The Morgan fingerprint density at radius 2 is 2.23 bits per heavy atom. The predicted molar refractivity (Wildman–Crippen MR) is 50.3 cm³/mol. The van der Waals surface area contributed by atoms with Crippen molar-refractivity contribution in [3.63, 3.8) is 0 Å². The van der Waals surface area contributed by atoms with Gasteiger partial charge in [-0.3, -0.25) is 0 Å². The average Bonchev–Trinajstić information content (AvgIpc) is 2.58. The van der Waals surface area contributed by atoms with Crippen LogP contribution in [0, 0.1) is 0 Å². The first-order valence-corrected chi connectivity index (χ1v) is 5.03. The fourth-order valence-corrected chi connectivity index (χ4v) is 1.81. The highest BCUT2D eigenvalue weighted by molar-refractivity contribution is 4.98. The van der Waals surface area contributed by atoms with Crippen LogP contribution in [-0.4, -0.2) is 21.3 Å². The molecule has 2 heterocycles. The van der Waals surface area contributed by atoms with E-state index in [0.717, 1.165) is 38.2 Å². The van der Waals surface area contributed by atoms with Gasteiger partial charge in [0.1, 0.15) is 11.6 Å². The standard InChI is InChI=1S/C9H16N4/c10-6-3-5-9-12-11-8-4-1-2-7-13(8)9/h1-7,10H2. The Morgan fingerprint density at radius 3 is 3.08 bits per heavy atom. The Bertz CT molecular complexity index is 279. The van der Waals surface area contributed by atoms with Crippen molar-refractivity contribution in [3.05, 3.63) is 11.6 Å². The quantitative estimate of drug-likeness (QED) is 0.737. The summed E-state index contributed by atoms with van der Waals surface area (Å²) in [6.07, 6.45) is 5.60. The molecule has 72 valence electrons. The van der Waals surface area contributed by atoms with E-state index < -0.39 is 0 Å². The summed E-state index contributed by atoms with van der Waals surface area (Å²) in [7, 11) is 0. The summed E-state index contributed by atoms with van der Waals surface area (Å²) in [6, 6.07) is 0. The number of nitrogens with two attached hydrogens (primary N) is 1. The van der Waals surface area contributed by atoms with Crippen molar-refractivity contribution in [2.75, 3.05) is 6.54 Å². The van der Waals surface area contributed by atoms with Gasteiger partial charge in [0.25, 0.3) is 0 Å². The van der Waals surface area contributed by atoms with E-state index in [0.29, 0.717) is 0 Å². The molecule has 1 aromatic rings. The van der Waals surface area contributed by atoms with Crippen molar-refractivity contribution >= 4 is 0 Å². The van der Waals surface area contributed by atoms with E-state index in [1.165, 1.54) is 18.7 Å². The molecule has 0 fully saturated rings. The van der Waals surface area contributed by atoms with Gasteiger partial charge >= 0.3 is 0 Å². The smallest absolute Gasteiger partial charge is 0.133 e. The molecule has 1 aliphatic heterocycles. The number of hydrogen-bond donors (Lipinski definition) is 1. The van der Waals surface area contributed by atoms with Crippen LogP contribution in [0.3, 0.4) is 0 Å². The van der Waals surface area contributed by atoms with E-state index in [1.807, 2.05) is 0 Å². The second kappa shape index (κ2) is 3.87. The van der Waals surface area contributed by atoms with Crippen LogP contribution in [0.15, 0.2) is 0 Å². The van der Waals surface area contributed by atoms with E-state index in [4.69, 9.17) is 5.73 Å². The molecule has 2 rings (SSSR count). The molecule has 0 radical (unpaired) electrons. The molecule has 0 spiro atoms. The summed E-state index contributed by atoms with van der Waals surface area (Å²) < 4.78 is 2.26. The Kier molecular flexibility index (Phi) is 2.59. The first-order valence-electron chi connectivity index (χ1n) is 5.03. The molecule has 0 atom stereocenters. The van der Waals surface area contributed by atoms with E-state index >= 15 is 0 Å². The molecular weight excluding hydrogens is 164 g/mol. The van der Waals surface area contributed by atoms with Crippen LogP contribution in [-0.2, 0) is 19.4 Å². The highest BCUT2D eigenvalue weighted by atomic mass is 15.3. The molecule has 0 amide bonds. The lowest BCUT2D eigenvalue weighted by atomic mass is 10.1. The second-order valence-electron chi connectivity index (χ2n) is 3.53. The van der Waals surface area contributed by atoms with Crippen LogP contribution in [0.1, 0.15) is 30.9 Å². The zero-order chi connectivity index (χ0) is 9.10. The SMILES string of the molecule is NCCCc1nnc2n1CCCC2. The summed E-state index contributed by atoms with van der Waals surface area (Å²) in [6.45, 7) is 1.84. The molecule has 1 aromatic heterocycles. The maximum atomic E-state index is 5.46. The second-order valence-corrected chi connectivity index (χ2v) is 3.53. The lowest BCUT2D eigenvalue weighted by molar-refractivity contribution is 0.505. The molecule has 0 aromatic carbocycles. The largest absolute Gasteiger partial charge is 0.330 e. The van der Waals surface area contributed by atoms with E-state index in [-0.39, 0.29) is 0 Å². The minimum absolute atomic E-state index is 0.738. The van der Waals surface area contributed by atoms with E-state index in [2.05, 4.69) is 14.8 Å². The molecule has 4 nitrogen and oxygen atoms in total. The van der Waals surface area contributed by atoms with Gasteiger partial charge in [0.2, 0.25) is 0 Å². The predicted octanol–water partition coefficient (Wildman–Crippen LogP) is 0.506. The van der Waals surface area contributed by atoms with Gasteiger partial charge in [-0.1, -0.05) is 0 Å². The maximum Gasteiger partial charge on any atom is 0.133 e. The zero-order valence-electron chi connectivity index (χ0n) is 7.87. The molecule has 4 heteroatoms. The first-order chi connectivity index (χ1) is 6.42. The third-order valence-corrected chi connectivity index (χ3v) is 2.54. The monoisotopic (exact) mass is 180 g/mol. The fourth-order valence-electron chi connectivity index (χ4n) is 1.81. The number of aromatic nitrogens is 3. The Hall–Kier alpha value is -0.900. The topological polar surface area (TPSA) is 56.7 Å². The van der Waals surface area contributed by atoms with Crippen molar-refractivity contribution in [2.45, 2.75) is 38.6 Å². The third-order valence-electron chi connectivity index (χ3n) is 2.54. The van der Waals surface area contributed by atoms with Crippen molar-refractivity contribution in [1.82, 2.24) is 14.8 Å². The van der Waals surface area contributed by atoms with Crippen molar-refractivity contribution < 1.29 is 0 Å². The van der Waals surface area contributed by atoms with Crippen LogP contribution < -0.4 is 5.73 Å². The van der Waals surface area contributed by atoms with Gasteiger partial charge in [-0.25, -0.2) is 0 Å². The maximum absolute atomic E-state index is 5.46. The number of hydrogen-bond acceptors (Lipinski definition) is 3. The van der Waals surface area contributed by atoms with E-state index in [1.54, 1.807) is 0 Å². The van der Waals surface area contributed by atoms with Crippen LogP contribution in [0.5, 0.6) is 0 Å².